The van der Waals surface area contributed by atoms with Crippen LogP contribution < -0.4 is 4.90 Å². The normalized spacial score (nSPS) is 11.4. The van der Waals surface area contributed by atoms with Gasteiger partial charge in [-0.2, -0.15) is 5.10 Å². The van der Waals surface area contributed by atoms with Crippen LogP contribution in [-0.4, -0.2) is 22.7 Å². The number of benzene rings is 2. The monoisotopic (exact) mass is 333 g/mol. The quantitative estimate of drug-likeness (QED) is 0.715. The van der Waals surface area contributed by atoms with E-state index < -0.39 is 5.54 Å². The Balaban J connectivity index is 1.94. The fraction of sp³-hybridized carbons (Fsp3) is 0.238. The predicted octanol–water partition coefficient (Wildman–Crippen LogP) is 4.26. The van der Waals surface area contributed by atoms with Crippen LogP contribution >= 0.6 is 0 Å². The number of likely N-dealkylation sites (N-methyl/N-ethyl adjacent to an activating group) is 1. The van der Waals surface area contributed by atoms with E-state index in [1.807, 2.05) is 87.6 Å². The molecule has 0 N–H and O–H groups in total. The van der Waals surface area contributed by atoms with E-state index in [0.29, 0.717) is 0 Å². The van der Waals surface area contributed by atoms with Gasteiger partial charge in [-0.25, -0.2) is 0 Å². The van der Waals surface area contributed by atoms with E-state index in [0.717, 1.165) is 22.5 Å². The molecule has 0 fully saturated rings. The van der Waals surface area contributed by atoms with Crippen molar-refractivity contribution >= 4 is 11.6 Å². The van der Waals surface area contributed by atoms with Crippen molar-refractivity contribution in [2.45, 2.75) is 26.3 Å². The lowest BCUT2D eigenvalue weighted by Crippen LogP contribution is -2.45. The average Bonchev–Trinajstić information content (AvgIpc) is 3.04. The first kappa shape index (κ1) is 17.0. The summed E-state index contributed by atoms with van der Waals surface area (Å²) in [4.78, 5) is 14.8. The molecule has 0 saturated carbocycles. The van der Waals surface area contributed by atoms with Gasteiger partial charge in [-0.15, -0.1) is 0 Å². The average molecular weight is 333 g/mol. The summed E-state index contributed by atoms with van der Waals surface area (Å²) in [7, 11) is 1.80. The third-order valence-corrected chi connectivity index (χ3v) is 4.49. The molecule has 1 heterocycles. The Kier molecular flexibility index (Phi) is 4.45. The molecule has 4 heteroatoms. The molecule has 0 bridgehead atoms. The van der Waals surface area contributed by atoms with Crippen LogP contribution in [0.4, 0.5) is 5.69 Å². The van der Waals surface area contributed by atoms with Crippen molar-refractivity contribution in [1.29, 1.82) is 0 Å². The molecular formula is C21H23N3O. The molecule has 0 radical (unpaired) electrons. The summed E-state index contributed by atoms with van der Waals surface area (Å²) < 4.78 is 1.77. The topological polar surface area (TPSA) is 38.1 Å². The van der Waals surface area contributed by atoms with Crippen molar-refractivity contribution in [3.05, 3.63) is 72.4 Å². The van der Waals surface area contributed by atoms with Crippen LogP contribution in [0.15, 0.2) is 66.9 Å². The summed E-state index contributed by atoms with van der Waals surface area (Å²) in [5.74, 6) is -0.0131. The zero-order valence-corrected chi connectivity index (χ0v) is 15.1. The second kappa shape index (κ2) is 6.55. The molecule has 2 aromatic carbocycles. The fourth-order valence-corrected chi connectivity index (χ4v) is 2.91. The largest absolute Gasteiger partial charge is 0.313 e. The molecule has 0 atom stereocenters. The van der Waals surface area contributed by atoms with Crippen molar-refractivity contribution in [2.24, 2.45) is 0 Å². The Morgan fingerprint density at radius 1 is 1.00 bits per heavy atom. The van der Waals surface area contributed by atoms with Crippen molar-refractivity contribution in [2.75, 3.05) is 11.9 Å². The van der Waals surface area contributed by atoms with Crippen LogP contribution in [0.1, 0.15) is 19.4 Å². The van der Waals surface area contributed by atoms with Crippen molar-refractivity contribution < 1.29 is 4.79 Å². The Bertz CT molecular complexity index is 867. The van der Waals surface area contributed by atoms with E-state index in [4.69, 9.17) is 5.10 Å². The summed E-state index contributed by atoms with van der Waals surface area (Å²) in [5.41, 5.74) is 3.09. The maximum atomic E-state index is 13.1. The van der Waals surface area contributed by atoms with Crippen LogP contribution in [0, 0.1) is 6.92 Å². The number of carbonyl (C=O) groups is 1. The molecule has 0 aliphatic rings. The highest BCUT2D eigenvalue weighted by Gasteiger charge is 2.34. The molecule has 0 unspecified atom stereocenters. The molecule has 3 rings (SSSR count). The lowest BCUT2D eigenvalue weighted by atomic mass is 10.0. The highest BCUT2D eigenvalue weighted by molar-refractivity contribution is 5.97. The van der Waals surface area contributed by atoms with Crippen LogP contribution in [0.3, 0.4) is 0 Å². The molecule has 3 aromatic rings. The number of para-hydroxylation sites is 1. The summed E-state index contributed by atoms with van der Waals surface area (Å²) in [5, 5.41) is 4.72. The third-order valence-electron chi connectivity index (χ3n) is 4.49. The first-order valence-electron chi connectivity index (χ1n) is 8.36. The molecule has 25 heavy (non-hydrogen) atoms. The Labute approximate surface area is 148 Å². The van der Waals surface area contributed by atoms with E-state index in [1.54, 1.807) is 16.6 Å². The molecule has 1 amide bonds. The van der Waals surface area contributed by atoms with Crippen LogP contribution in [0.2, 0.25) is 0 Å². The van der Waals surface area contributed by atoms with Crippen LogP contribution in [0.5, 0.6) is 0 Å². The summed E-state index contributed by atoms with van der Waals surface area (Å²) in [6.07, 6.45) is 1.94. The Hall–Kier alpha value is -2.88. The maximum absolute atomic E-state index is 13.1. The molecule has 0 aliphatic carbocycles. The molecule has 4 nitrogen and oxygen atoms in total. The third kappa shape index (κ3) is 3.20. The SMILES string of the molecule is Cc1cn(C(C)(C)C(=O)N(C)c2ccccc2)nc1-c1ccccc1. The number of anilines is 1. The van der Waals surface area contributed by atoms with E-state index in [2.05, 4.69) is 0 Å². The molecule has 0 aliphatic heterocycles. The maximum Gasteiger partial charge on any atom is 0.254 e. The first-order chi connectivity index (χ1) is 11.9. The van der Waals surface area contributed by atoms with E-state index in [1.165, 1.54) is 0 Å². The lowest BCUT2D eigenvalue weighted by molar-refractivity contribution is -0.125. The zero-order valence-electron chi connectivity index (χ0n) is 15.1. The van der Waals surface area contributed by atoms with Gasteiger partial charge in [0.25, 0.3) is 5.91 Å². The van der Waals surface area contributed by atoms with Gasteiger partial charge in [0, 0.05) is 24.5 Å². The number of aryl methyl sites for hydroxylation is 1. The van der Waals surface area contributed by atoms with Gasteiger partial charge in [-0.05, 0) is 38.5 Å². The number of carbonyl (C=O) groups excluding carboxylic acids is 1. The van der Waals surface area contributed by atoms with Crippen LogP contribution in [0.25, 0.3) is 11.3 Å². The van der Waals surface area contributed by atoms with Crippen molar-refractivity contribution in [1.82, 2.24) is 9.78 Å². The van der Waals surface area contributed by atoms with Gasteiger partial charge in [0.2, 0.25) is 0 Å². The molecule has 0 saturated heterocycles. The minimum Gasteiger partial charge on any atom is -0.313 e. The van der Waals surface area contributed by atoms with Crippen LogP contribution in [-0.2, 0) is 10.3 Å². The molecular weight excluding hydrogens is 310 g/mol. The van der Waals surface area contributed by atoms with Gasteiger partial charge in [-0.1, -0.05) is 48.5 Å². The fourth-order valence-electron chi connectivity index (χ4n) is 2.91. The number of aromatic nitrogens is 2. The molecule has 0 spiro atoms. The predicted molar refractivity (Wildman–Crippen MR) is 102 cm³/mol. The van der Waals surface area contributed by atoms with Gasteiger partial charge in [-0.3, -0.25) is 9.48 Å². The second-order valence-corrected chi connectivity index (χ2v) is 6.73. The Morgan fingerprint density at radius 2 is 1.56 bits per heavy atom. The number of rotatable bonds is 4. The van der Waals surface area contributed by atoms with Gasteiger partial charge < -0.3 is 4.90 Å². The highest BCUT2D eigenvalue weighted by Crippen LogP contribution is 2.27. The van der Waals surface area contributed by atoms with E-state index >= 15 is 0 Å². The smallest absolute Gasteiger partial charge is 0.254 e. The Morgan fingerprint density at radius 3 is 2.16 bits per heavy atom. The second-order valence-electron chi connectivity index (χ2n) is 6.73. The number of amides is 1. The minimum absolute atomic E-state index is 0.0131. The van der Waals surface area contributed by atoms with E-state index in [-0.39, 0.29) is 5.91 Å². The van der Waals surface area contributed by atoms with Crippen molar-refractivity contribution in [3.8, 4) is 11.3 Å². The summed E-state index contributed by atoms with van der Waals surface area (Å²) >= 11 is 0. The first-order valence-corrected chi connectivity index (χ1v) is 8.36. The minimum atomic E-state index is -0.789. The van der Waals surface area contributed by atoms with Crippen molar-refractivity contribution in [3.63, 3.8) is 0 Å². The number of hydrogen-bond donors (Lipinski definition) is 0. The van der Waals surface area contributed by atoms with Gasteiger partial charge in [0.15, 0.2) is 0 Å². The molecule has 128 valence electrons. The van der Waals surface area contributed by atoms with Gasteiger partial charge in [0.1, 0.15) is 5.54 Å². The van der Waals surface area contributed by atoms with E-state index in [9.17, 15) is 4.79 Å². The van der Waals surface area contributed by atoms with Gasteiger partial charge in [0.05, 0.1) is 5.69 Å². The number of hydrogen-bond acceptors (Lipinski definition) is 2. The summed E-state index contributed by atoms with van der Waals surface area (Å²) in [6, 6.07) is 19.7. The van der Waals surface area contributed by atoms with Gasteiger partial charge >= 0.3 is 0 Å². The lowest BCUT2D eigenvalue weighted by Gasteiger charge is -2.29. The summed E-state index contributed by atoms with van der Waals surface area (Å²) in [6.45, 7) is 5.82. The highest BCUT2D eigenvalue weighted by atomic mass is 16.2. The standard InChI is InChI=1S/C21H23N3O/c1-16-15-24(22-19(16)17-11-7-5-8-12-17)21(2,3)20(25)23(4)18-13-9-6-10-14-18/h5-15H,1-4H3. The molecule has 1 aromatic heterocycles. The number of nitrogens with zero attached hydrogens (tertiary/aromatic N) is 3. The zero-order chi connectivity index (χ0) is 18.0.